The van der Waals surface area contributed by atoms with E-state index in [1.165, 1.54) is 0 Å². The first-order valence-corrected chi connectivity index (χ1v) is 11.7. The van der Waals surface area contributed by atoms with E-state index < -0.39 is 28.3 Å². The Morgan fingerprint density at radius 3 is 2.52 bits per heavy atom. The highest BCUT2D eigenvalue weighted by molar-refractivity contribution is 7.91. The second-order valence-electron chi connectivity index (χ2n) is 8.28. The minimum atomic E-state index is -3.04. The fourth-order valence-corrected chi connectivity index (χ4v) is 6.02. The largest absolute Gasteiger partial charge is 0.457 e. The quantitative estimate of drug-likeness (QED) is 0.506. The first-order chi connectivity index (χ1) is 13.5. The smallest absolute Gasteiger partial charge is 0.311 e. The van der Waals surface area contributed by atoms with Crippen LogP contribution in [0.4, 0.5) is 0 Å². The van der Waals surface area contributed by atoms with Crippen LogP contribution < -0.4 is 0 Å². The molecule has 0 bridgehead atoms. The second kappa shape index (κ2) is 7.93. The molecule has 2 fully saturated rings. The number of nitrogens with zero attached hydrogens (tertiary/aromatic N) is 2. The summed E-state index contributed by atoms with van der Waals surface area (Å²) in [6.07, 6.45) is 0.638. The highest BCUT2D eigenvalue weighted by atomic mass is 32.2. The molecule has 1 aromatic rings. The Balaban J connectivity index is 1.64. The third-order valence-electron chi connectivity index (χ3n) is 5.82. The fraction of sp³-hybridized carbons (Fsp3) is 0.650. The van der Waals surface area contributed by atoms with Crippen molar-refractivity contribution >= 4 is 27.5 Å². The van der Waals surface area contributed by atoms with Crippen LogP contribution in [-0.4, -0.2) is 66.2 Å². The van der Waals surface area contributed by atoms with Crippen molar-refractivity contribution in [2.24, 2.45) is 5.92 Å². The molecule has 29 heavy (non-hydrogen) atoms. The molecule has 3 rings (SSSR count). The van der Waals surface area contributed by atoms with Crippen molar-refractivity contribution in [2.75, 3.05) is 24.7 Å². The average molecular weight is 425 g/mol. The highest BCUT2D eigenvalue weighted by Gasteiger charge is 2.37. The van der Waals surface area contributed by atoms with Crippen molar-refractivity contribution in [1.82, 2.24) is 9.47 Å². The average Bonchev–Trinajstić information content (AvgIpc) is 3.27. The molecular formula is C20H28N2O6S. The van der Waals surface area contributed by atoms with Crippen molar-refractivity contribution in [3.8, 4) is 0 Å². The summed E-state index contributed by atoms with van der Waals surface area (Å²) in [5.41, 5.74) is 1.94. The van der Waals surface area contributed by atoms with E-state index in [0.717, 1.165) is 5.69 Å². The van der Waals surface area contributed by atoms with Gasteiger partial charge in [-0.05, 0) is 40.2 Å². The highest BCUT2D eigenvalue weighted by Crippen LogP contribution is 2.29. The molecule has 1 amide bonds. The summed E-state index contributed by atoms with van der Waals surface area (Å²) >= 11 is 0. The molecule has 160 valence electrons. The normalized spacial score (nSPS) is 23.8. The first-order valence-electron chi connectivity index (χ1n) is 9.88. The maximum atomic E-state index is 12.6. The van der Waals surface area contributed by atoms with Crippen LogP contribution in [0.5, 0.6) is 0 Å². The van der Waals surface area contributed by atoms with Gasteiger partial charge in [-0.15, -0.1) is 0 Å². The number of Topliss-reactive ketones (excluding diaryl/α,β-unsaturated/α-hetero) is 1. The Bertz CT molecular complexity index is 946. The molecule has 2 saturated heterocycles. The van der Waals surface area contributed by atoms with Crippen molar-refractivity contribution < 1.29 is 27.5 Å². The van der Waals surface area contributed by atoms with Gasteiger partial charge in [0.05, 0.1) is 17.4 Å². The van der Waals surface area contributed by atoms with Gasteiger partial charge in [-0.3, -0.25) is 14.4 Å². The molecule has 0 N–H and O–H groups in total. The van der Waals surface area contributed by atoms with E-state index in [-0.39, 0.29) is 41.7 Å². The van der Waals surface area contributed by atoms with Crippen molar-refractivity contribution in [1.29, 1.82) is 0 Å². The van der Waals surface area contributed by atoms with Crippen LogP contribution in [0, 0.1) is 19.8 Å². The summed E-state index contributed by atoms with van der Waals surface area (Å²) in [5, 5.41) is 0. The van der Waals surface area contributed by atoms with Gasteiger partial charge >= 0.3 is 5.97 Å². The Hall–Kier alpha value is -2.16. The maximum Gasteiger partial charge on any atom is 0.311 e. The number of hydrogen-bond acceptors (Lipinski definition) is 6. The van der Waals surface area contributed by atoms with E-state index in [4.69, 9.17) is 4.74 Å². The van der Waals surface area contributed by atoms with Crippen LogP contribution in [0.25, 0.3) is 0 Å². The molecule has 0 aromatic carbocycles. The number of aromatic nitrogens is 1. The summed E-state index contributed by atoms with van der Waals surface area (Å²) in [4.78, 5) is 38.5. The minimum absolute atomic E-state index is 0.0201. The van der Waals surface area contributed by atoms with Crippen LogP contribution >= 0.6 is 0 Å². The molecule has 2 aliphatic heterocycles. The Labute approximate surface area is 171 Å². The number of carbonyl (C=O) groups excluding carboxylic acids is 3. The van der Waals surface area contributed by atoms with E-state index in [2.05, 4.69) is 0 Å². The molecule has 9 heteroatoms. The number of ketones is 1. The van der Waals surface area contributed by atoms with E-state index in [1.54, 1.807) is 17.9 Å². The lowest BCUT2D eigenvalue weighted by Crippen LogP contribution is -2.33. The number of amides is 1. The second-order valence-corrected chi connectivity index (χ2v) is 10.5. The molecule has 1 aromatic heterocycles. The lowest BCUT2D eigenvalue weighted by molar-refractivity contribution is -0.147. The molecule has 8 nitrogen and oxygen atoms in total. The van der Waals surface area contributed by atoms with Crippen LogP contribution in [0.1, 0.15) is 54.5 Å². The van der Waals surface area contributed by atoms with Crippen LogP contribution in [0.2, 0.25) is 0 Å². The summed E-state index contributed by atoms with van der Waals surface area (Å²) in [5.74, 6) is -1.26. The van der Waals surface area contributed by atoms with Gasteiger partial charge in [-0.25, -0.2) is 8.42 Å². The number of sulfone groups is 1. The predicted octanol–water partition coefficient (Wildman–Crippen LogP) is 1.45. The van der Waals surface area contributed by atoms with Gasteiger partial charge < -0.3 is 14.2 Å². The van der Waals surface area contributed by atoms with Crippen molar-refractivity contribution in [3.63, 3.8) is 0 Å². The maximum absolute atomic E-state index is 12.6. The zero-order valence-electron chi connectivity index (χ0n) is 17.3. The van der Waals surface area contributed by atoms with Gasteiger partial charge in [0.2, 0.25) is 11.7 Å². The molecular weight excluding hydrogens is 396 g/mol. The molecule has 0 saturated carbocycles. The zero-order valence-corrected chi connectivity index (χ0v) is 18.1. The summed E-state index contributed by atoms with van der Waals surface area (Å²) in [6.45, 7) is 7.32. The van der Waals surface area contributed by atoms with Crippen LogP contribution in [0.3, 0.4) is 0 Å². The molecule has 3 heterocycles. The predicted molar refractivity (Wildman–Crippen MR) is 106 cm³/mol. The van der Waals surface area contributed by atoms with E-state index in [9.17, 15) is 22.8 Å². The molecule has 2 aliphatic rings. The topological polar surface area (TPSA) is 103 Å². The molecule has 0 radical (unpaired) electrons. The number of hydrogen-bond donors (Lipinski definition) is 0. The third kappa shape index (κ3) is 4.39. The zero-order chi connectivity index (χ0) is 21.5. The summed E-state index contributed by atoms with van der Waals surface area (Å²) in [7, 11) is -3.04. The number of rotatable bonds is 6. The van der Waals surface area contributed by atoms with Crippen molar-refractivity contribution in [3.05, 3.63) is 23.0 Å². The molecule has 0 aliphatic carbocycles. The van der Waals surface area contributed by atoms with Crippen LogP contribution in [0.15, 0.2) is 6.07 Å². The summed E-state index contributed by atoms with van der Waals surface area (Å²) in [6, 6.07) is 1.57. The van der Waals surface area contributed by atoms with Gasteiger partial charge in [0.1, 0.15) is 0 Å². The summed E-state index contributed by atoms with van der Waals surface area (Å²) < 4.78 is 30.7. The standard InChI is InChI=1S/C20H28N2O6S/c1-12(2)21-9-15(8-19(21)24)20(25)28-10-18(23)17-7-13(3)22(14(17)4)16-5-6-29(26,27)11-16/h7,12,15-16H,5-6,8-11H2,1-4H3. The number of likely N-dealkylation sites (tertiary alicyclic amines) is 1. The lowest BCUT2D eigenvalue weighted by atomic mass is 10.1. The van der Waals surface area contributed by atoms with E-state index >= 15 is 0 Å². The Morgan fingerprint density at radius 1 is 1.28 bits per heavy atom. The molecule has 2 atom stereocenters. The number of carbonyl (C=O) groups is 3. The van der Waals surface area contributed by atoms with Crippen molar-refractivity contribution in [2.45, 2.75) is 52.6 Å². The Morgan fingerprint density at radius 2 is 1.97 bits per heavy atom. The van der Waals surface area contributed by atoms with Gasteiger partial charge in [0.15, 0.2) is 16.4 Å². The molecule has 0 spiro atoms. The fourth-order valence-electron chi connectivity index (χ4n) is 4.32. The van der Waals surface area contributed by atoms with E-state index in [1.807, 2.05) is 25.3 Å². The van der Waals surface area contributed by atoms with Gasteiger partial charge in [0.25, 0.3) is 0 Å². The molecule has 2 unspecified atom stereocenters. The van der Waals surface area contributed by atoms with Gasteiger partial charge in [0, 0.05) is 42.0 Å². The number of esters is 1. The lowest BCUT2D eigenvalue weighted by Gasteiger charge is -2.20. The monoisotopic (exact) mass is 424 g/mol. The van der Waals surface area contributed by atoms with Crippen LogP contribution in [-0.2, 0) is 24.2 Å². The number of aryl methyl sites for hydroxylation is 1. The van der Waals surface area contributed by atoms with Gasteiger partial charge in [-0.2, -0.15) is 0 Å². The van der Waals surface area contributed by atoms with Gasteiger partial charge in [-0.1, -0.05) is 0 Å². The number of ether oxygens (including phenoxy) is 1. The minimum Gasteiger partial charge on any atom is -0.457 e. The SMILES string of the molecule is Cc1cc(C(=O)COC(=O)C2CC(=O)N(C(C)C)C2)c(C)n1C1CCS(=O)(=O)C1. The third-order valence-corrected chi connectivity index (χ3v) is 7.57. The Kier molecular flexibility index (Phi) is 5.89. The first kappa shape index (κ1) is 21.5. The van der Waals surface area contributed by atoms with E-state index in [0.29, 0.717) is 24.2 Å².